The Bertz CT molecular complexity index is 8000. The number of hydrogen-bond acceptors (Lipinski definition) is 2. The SMILES string of the molecule is [2H]c1c([2H])c(C(C)(C)C)c([2H])c([2H])c1-c1c([2H])c(C(C)(C)C)c([2H])c(-c2c([2H])c(C(C)(C)C)c([2H])c([2H])c2C(C)(C)C)c1N1c2cc(-n3c4c([2H])c([2H])c([2H])c([2H])c4c4c([2H])c([2H])c([2H])c([2H])c43)ccc2B2c3ccc(-n4c5c([2H])c([2H])c([2H])c([2H])c5c5c([2H])c([2H])c([2H])c([2H])c54)cc3N(c3c(-c4ccc(C(C)(C)C)cc4)cc(C(C)(C)C)cc3-c3ccc(C(C)(C)C)cc3C(C)(C)C)c3cc(C(C)(C)C)cc1c32. The maximum atomic E-state index is 11.8. The van der Waals surface area contributed by atoms with Crippen LogP contribution in [0.3, 0.4) is 0 Å². The summed E-state index contributed by atoms with van der Waals surface area (Å²) in [5.41, 5.74) is 1.81. The van der Waals surface area contributed by atoms with Gasteiger partial charge in [0.15, 0.2) is 0 Å². The minimum absolute atomic E-state index is 0.0137. The summed E-state index contributed by atoms with van der Waals surface area (Å²) in [7, 11) is 0. The van der Waals surface area contributed by atoms with Crippen LogP contribution in [0, 0.1) is 0 Å². The topological polar surface area (TPSA) is 16.3 Å². The quantitative estimate of drug-likeness (QED) is 0.141. The van der Waals surface area contributed by atoms with Gasteiger partial charge in [0.2, 0.25) is 0 Å². The molecule has 0 spiro atoms. The fraction of sp³-hybridized carbons (Fsp3) is 0.316. The summed E-state index contributed by atoms with van der Waals surface area (Å²) in [6, 6.07) is 20.8. The van der Waals surface area contributed by atoms with Gasteiger partial charge in [0.25, 0.3) is 6.71 Å². The van der Waals surface area contributed by atoms with Crippen molar-refractivity contribution in [1.82, 2.24) is 9.13 Å². The zero-order chi connectivity index (χ0) is 107. The van der Waals surface area contributed by atoms with Gasteiger partial charge in [-0.1, -0.05) is 356 Å². The van der Waals surface area contributed by atoms with Gasteiger partial charge < -0.3 is 18.9 Å². The largest absolute Gasteiger partial charge is 0.310 e. The molecule has 0 fully saturated rings. The van der Waals surface area contributed by atoms with Crippen LogP contribution in [0.2, 0.25) is 0 Å². The van der Waals surface area contributed by atoms with Crippen molar-refractivity contribution in [2.75, 3.05) is 9.80 Å². The molecule has 0 radical (unpaired) electrons. The lowest BCUT2D eigenvalue weighted by Gasteiger charge is -2.47. The molecule has 0 bridgehead atoms. The molecule has 0 aliphatic carbocycles. The zero-order valence-corrected chi connectivity index (χ0v) is 74.2. The van der Waals surface area contributed by atoms with Crippen molar-refractivity contribution >= 4 is 101 Å². The first kappa shape index (κ1) is 55.8. The van der Waals surface area contributed by atoms with E-state index in [0.717, 1.165) is 38.9 Å². The molecule has 2 aliphatic rings. The number of hydrogen-bond donors (Lipinski definition) is 0. The number of nitrogens with zero attached hydrogens (tertiary/aromatic N) is 4. The summed E-state index contributed by atoms with van der Waals surface area (Å²) in [5, 5.41) is -0.824. The van der Waals surface area contributed by atoms with Crippen molar-refractivity contribution in [2.24, 2.45) is 0 Å². The van der Waals surface area contributed by atoms with Crippen LogP contribution in [0.4, 0.5) is 34.1 Å². The van der Waals surface area contributed by atoms with Crippen LogP contribution in [0.25, 0.3) is 99.5 Å². The van der Waals surface area contributed by atoms with Gasteiger partial charge in [0.05, 0.1) is 67.7 Å². The molecule has 0 unspecified atom stereocenters. The first-order chi connectivity index (χ1) is 66.2. The van der Waals surface area contributed by atoms with Crippen molar-refractivity contribution in [1.29, 1.82) is 0 Å². The molecular weight excluding hydrogens is 1440 g/mol. The Labute approximate surface area is 746 Å². The van der Waals surface area contributed by atoms with E-state index >= 15 is 0 Å². The van der Waals surface area contributed by atoms with E-state index in [-0.39, 0.29) is 152 Å². The third kappa shape index (κ3) is 14.0. The predicted octanol–water partition coefficient (Wildman–Crippen LogP) is 30.3. The molecule has 0 saturated carbocycles. The number of aromatic nitrogens is 2. The van der Waals surface area contributed by atoms with Gasteiger partial charge in [-0.3, -0.25) is 0 Å². The standard InChI is InChI=1S/C114H123BN4/c1-106(2,3)72-48-44-70(45-49-72)86-61-76(110(13,14)15)63-89(81-56-52-75(109(10,11)12)65-92(81)114(25,26)27)104(86)118-99-68-79(116-95-40-32-28-36-82(95)83-37-29-33-41-96(83)116)54-58-93(99)115-94-59-55-80(117-97-42-34-30-38-84(97)85-39-31-35-43-98(85)117)69-100(94)119(102-67-78(112(19,20)21)66-101(118)103(102)115)105-87(71-46-50-73(51-47-71)107(4,5)6)62-77(111(16,17)18)64-90(105)88-60-74(108(7,8)9)53-57-91(88)113(22,23)24/h28-69H,1-27H3/i28D,29D,30D,31D,32D,33D,34D,35D,36D,37D,38D,39D,40D,41D,42D,43D,46D,47D,50D,51D,53D,57D,60D,62D,64D. The summed E-state index contributed by atoms with van der Waals surface area (Å²) in [6.07, 6.45) is 0. The summed E-state index contributed by atoms with van der Waals surface area (Å²) in [4.78, 5) is 4.06. The molecule has 2 aliphatic heterocycles. The fourth-order valence-corrected chi connectivity index (χ4v) is 17.1. The highest BCUT2D eigenvalue weighted by molar-refractivity contribution is 7.00. The minimum atomic E-state index is -1.27. The van der Waals surface area contributed by atoms with Gasteiger partial charge in [0.1, 0.15) is 0 Å². The summed E-state index contributed by atoms with van der Waals surface area (Å²) in [5.74, 6) is 0. The van der Waals surface area contributed by atoms with Crippen molar-refractivity contribution in [3.63, 3.8) is 0 Å². The van der Waals surface area contributed by atoms with Crippen LogP contribution >= 0.6 is 0 Å². The maximum absolute atomic E-state index is 11.8. The average Bonchev–Trinajstić information content (AvgIpc) is 0.993. The Balaban J connectivity index is 1.22. The second kappa shape index (κ2) is 27.9. The van der Waals surface area contributed by atoms with Gasteiger partial charge in [0, 0.05) is 77.9 Å². The average molecular weight is 1590 g/mol. The number of rotatable bonds is 8. The molecule has 15 aromatic rings. The van der Waals surface area contributed by atoms with Crippen molar-refractivity contribution < 1.29 is 34.3 Å². The van der Waals surface area contributed by atoms with Crippen molar-refractivity contribution in [3.05, 3.63) is 304 Å². The summed E-state index contributed by atoms with van der Waals surface area (Å²) in [6.45, 7) is 52.9. The second-order valence-corrected chi connectivity index (χ2v) is 42.1. The van der Waals surface area contributed by atoms with Crippen LogP contribution < -0.4 is 26.2 Å². The van der Waals surface area contributed by atoms with Crippen molar-refractivity contribution in [3.8, 4) is 55.9 Å². The first-order valence-electron chi connectivity index (χ1n) is 54.1. The molecule has 5 heteroatoms. The van der Waals surface area contributed by atoms with Crippen LogP contribution in [0.15, 0.2) is 254 Å². The molecule has 0 atom stereocenters. The van der Waals surface area contributed by atoms with E-state index < -0.39 is 172 Å². The maximum Gasteiger partial charge on any atom is 0.252 e. The summed E-state index contributed by atoms with van der Waals surface area (Å²) >= 11 is 0. The number of fused-ring (bicyclic) bond motifs is 10. The van der Waals surface area contributed by atoms with Gasteiger partial charge in [-0.25, -0.2) is 0 Å². The highest BCUT2D eigenvalue weighted by atomic mass is 15.2. The fourth-order valence-electron chi connectivity index (χ4n) is 17.1. The van der Waals surface area contributed by atoms with E-state index in [1.807, 2.05) is 106 Å². The highest BCUT2D eigenvalue weighted by Crippen LogP contribution is 2.58. The first-order valence-corrected chi connectivity index (χ1v) is 41.6. The Hall–Kier alpha value is -10.9. The molecule has 602 valence electrons. The van der Waals surface area contributed by atoms with Gasteiger partial charge in [-0.15, -0.1) is 0 Å². The lowest BCUT2D eigenvalue weighted by molar-refractivity contribution is 0.569. The number of anilines is 6. The lowest BCUT2D eigenvalue weighted by atomic mass is 9.33. The molecule has 17 rings (SSSR count). The van der Waals surface area contributed by atoms with Crippen LogP contribution in [0.1, 0.15) is 271 Å². The minimum Gasteiger partial charge on any atom is -0.310 e. The van der Waals surface area contributed by atoms with E-state index in [1.54, 1.807) is 45.0 Å². The third-order valence-electron chi connectivity index (χ3n) is 23.9. The molecular formula is C114H123BN4. The molecule has 4 nitrogen and oxygen atoms in total. The zero-order valence-electron chi connectivity index (χ0n) is 99.2. The normalized spacial score (nSPS) is 16.7. The van der Waals surface area contributed by atoms with E-state index in [2.05, 4.69) is 149 Å². The number of para-hydroxylation sites is 4. The van der Waals surface area contributed by atoms with E-state index in [4.69, 9.17) is 0 Å². The van der Waals surface area contributed by atoms with Gasteiger partial charge in [-0.05, 0) is 222 Å². The molecule has 0 saturated heterocycles. The van der Waals surface area contributed by atoms with E-state index in [1.165, 1.54) is 9.13 Å². The molecule has 0 N–H and O–H groups in total. The third-order valence-corrected chi connectivity index (χ3v) is 23.9. The Morgan fingerprint density at radius 3 is 1.05 bits per heavy atom. The molecule has 119 heavy (non-hydrogen) atoms. The highest BCUT2D eigenvalue weighted by Gasteiger charge is 2.48. The summed E-state index contributed by atoms with van der Waals surface area (Å²) < 4.78 is 257. The Morgan fingerprint density at radius 2 is 0.622 bits per heavy atom. The predicted molar refractivity (Wildman–Crippen MR) is 519 cm³/mol. The van der Waals surface area contributed by atoms with Crippen LogP contribution in [-0.4, -0.2) is 15.8 Å². The Morgan fingerprint density at radius 1 is 0.244 bits per heavy atom. The van der Waals surface area contributed by atoms with Gasteiger partial charge in [-0.2, -0.15) is 0 Å². The molecule has 4 heterocycles. The lowest BCUT2D eigenvalue weighted by Crippen LogP contribution is -2.61. The van der Waals surface area contributed by atoms with Crippen molar-refractivity contribution in [2.45, 2.75) is 236 Å². The smallest absolute Gasteiger partial charge is 0.252 e. The molecule has 13 aromatic carbocycles. The molecule has 0 amide bonds. The monoisotopic (exact) mass is 1580 g/mol. The molecule has 2 aromatic heterocycles. The van der Waals surface area contributed by atoms with Gasteiger partial charge >= 0.3 is 0 Å². The van der Waals surface area contributed by atoms with E-state index in [0.29, 0.717) is 44.6 Å². The second-order valence-electron chi connectivity index (χ2n) is 42.1. The van der Waals surface area contributed by atoms with Crippen LogP contribution in [-0.2, 0) is 48.7 Å². The van der Waals surface area contributed by atoms with E-state index in [9.17, 15) is 34.3 Å². The number of benzene rings is 13. The van der Waals surface area contributed by atoms with Crippen LogP contribution in [0.5, 0.6) is 0 Å². The Kier molecular flexibility index (Phi) is 13.1.